The van der Waals surface area contributed by atoms with Crippen LogP contribution < -0.4 is 0 Å². The van der Waals surface area contributed by atoms with Crippen molar-refractivity contribution in [1.29, 1.82) is 0 Å². The van der Waals surface area contributed by atoms with Gasteiger partial charge in [-0.2, -0.15) is 101 Å². The number of fused-ring (bicyclic) bond motifs is 6. The molecule has 0 nitrogen and oxygen atoms in total. The summed E-state index contributed by atoms with van der Waals surface area (Å²) in [5.41, 5.74) is 10.3. The van der Waals surface area contributed by atoms with E-state index in [1.807, 2.05) is 48.6 Å². The Labute approximate surface area is 328 Å². The molecule has 0 aromatic heterocycles. The quantitative estimate of drug-likeness (QED) is 0.199. The van der Waals surface area contributed by atoms with Crippen LogP contribution in [0.25, 0.3) is 5.57 Å². The Morgan fingerprint density at radius 2 is 1.44 bits per heavy atom. The minimum atomic E-state index is 0.164. The summed E-state index contributed by atoms with van der Waals surface area (Å²) in [6.07, 6.45) is 18.5. The number of benzene rings is 3. The second-order valence-corrected chi connectivity index (χ2v) is 16.1. The Morgan fingerprint density at radius 3 is 1.92 bits per heavy atom. The van der Waals surface area contributed by atoms with Crippen LogP contribution in [0.2, 0.25) is 10.0 Å². The summed E-state index contributed by atoms with van der Waals surface area (Å²) >= 11 is 12.3. The number of allylic oxidation sites excluding steroid dienone is 10. The first-order chi connectivity index (χ1) is 23.8. The molecule has 0 heterocycles. The van der Waals surface area contributed by atoms with Crippen molar-refractivity contribution in [3.63, 3.8) is 0 Å². The van der Waals surface area contributed by atoms with E-state index in [9.17, 15) is 0 Å². The van der Waals surface area contributed by atoms with E-state index in [1.165, 1.54) is 48.2 Å². The second kappa shape index (κ2) is 16.9. The van der Waals surface area contributed by atoms with Crippen LogP contribution in [0.15, 0.2) is 120 Å². The first kappa shape index (κ1) is 40.3. The van der Waals surface area contributed by atoms with Gasteiger partial charge in [-0.3, -0.25) is 6.08 Å². The number of halogens is 2. The Morgan fingerprint density at radius 1 is 0.820 bits per heavy atom. The molecule has 2 atom stereocenters. The fourth-order valence-electron chi connectivity index (χ4n) is 8.65. The van der Waals surface area contributed by atoms with Crippen molar-refractivity contribution < 1.29 is 24.2 Å². The molecule has 0 amide bonds. The molecule has 1 saturated carbocycles. The van der Waals surface area contributed by atoms with Gasteiger partial charge in [0.05, 0.1) is 0 Å². The molecular weight excluding hydrogens is 727 g/mol. The van der Waals surface area contributed by atoms with Crippen molar-refractivity contribution >= 4 is 33.0 Å². The second-order valence-electron chi connectivity index (χ2n) is 15.2. The van der Waals surface area contributed by atoms with Crippen LogP contribution in [0.1, 0.15) is 85.8 Å². The van der Waals surface area contributed by atoms with Crippen molar-refractivity contribution in [3.05, 3.63) is 165 Å². The molecule has 0 spiro atoms. The first-order valence-corrected chi connectivity index (χ1v) is 20.1. The summed E-state index contributed by atoms with van der Waals surface area (Å²) in [5.74, 6) is 2.24. The van der Waals surface area contributed by atoms with E-state index in [0.29, 0.717) is 5.92 Å². The minimum absolute atomic E-state index is 0.164. The molecular formula is C47H52Cl2Zr-4. The third-order valence-corrected chi connectivity index (χ3v) is 13.2. The molecule has 3 aromatic carbocycles. The van der Waals surface area contributed by atoms with E-state index < -0.39 is 0 Å². The van der Waals surface area contributed by atoms with Gasteiger partial charge in [0, 0.05) is 0 Å². The maximum atomic E-state index is 5.51. The predicted molar refractivity (Wildman–Crippen MR) is 214 cm³/mol. The Hall–Kier alpha value is -2.44. The number of hydrogen-bond acceptors (Lipinski definition) is 0. The van der Waals surface area contributed by atoms with Crippen LogP contribution in [0.3, 0.4) is 0 Å². The summed E-state index contributed by atoms with van der Waals surface area (Å²) < 4.78 is 3.34. The molecule has 50 heavy (non-hydrogen) atoms. The zero-order valence-corrected chi connectivity index (χ0v) is 35.2. The monoisotopic (exact) mass is 776 g/mol. The standard InChI is InChI=1S/C29H37.2C6H4Cl.C5H5.CH2.Zr/c1-18-25-22-17-19-13-9-10-14-20(19)24(22)21-15-11-12-16-23(21)29(25,8)28(6,7)27(4,5)26(18,2)3;2*7-6-4-2-1-3-5-6;1-2-4-5-3-1;;/h9-11,13-15,23H,12,16-17H2,1-8H3;2*1-2,4-5H;1-3H,4H2;1H2;/q4*-1;;. The van der Waals surface area contributed by atoms with E-state index in [0.717, 1.165) is 22.9 Å². The molecule has 0 saturated heterocycles. The van der Waals surface area contributed by atoms with E-state index in [4.69, 9.17) is 23.2 Å². The molecule has 262 valence electrons. The third-order valence-electron chi connectivity index (χ3n) is 12.7. The third kappa shape index (κ3) is 7.54. The zero-order chi connectivity index (χ0) is 36.7. The summed E-state index contributed by atoms with van der Waals surface area (Å²) in [4.78, 5) is 0. The van der Waals surface area contributed by atoms with Crippen molar-refractivity contribution in [2.45, 2.75) is 81.1 Å². The van der Waals surface area contributed by atoms with Crippen LogP contribution in [-0.2, 0) is 30.7 Å². The molecule has 5 aliphatic rings. The molecule has 1 fully saturated rings. The van der Waals surface area contributed by atoms with Gasteiger partial charge in [-0.15, -0.1) is 13.3 Å². The molecule has 0 bridgehead atoms. The van der Waals surface area contributed by atoms with Crippen molar-refractivity contribution in [2.75, 3.05) is 0 Å². The van der Waals surface area contributed by atoms with Crippen LogP contribution >= 0.6 is 23.2 Å². The summed E-state index contributed by atoms with van der Waals surface area (Å²) in [7, 11) is 0. The van der Waals surface area contributed by atoms with Gasteiger partial charge >= 0.3 is 28.4 Å². The molecule has 0 aliphatic heterocycles. The first-order valence-electron chi connectivity index (χ1n) is 17.6. The summed E-state index contributed by atoms with van der Waals surface area (Å²) in [5, 5.41) is 1.48. The topological polar surface area (TPSA) is 0 Å². The molecule has 0 N–H and O–H groups in total. The maximum absolute atomic E-state index is 5.51. The van der Waals surface area contributed by atoms with E-state index >= 15 is 0 Å². The van der Waals surface area contributed by atoms with Crippen molar-refractivity contribution in [2.24, 2.45) is 27.6 Å². The molecule has 0 radical (unpaired) electrons. The van der Waals surface area contributed by atoms with Gasteiger partial charge in [0.1, 0.15) is 0 Å². The van der Waals surface area contributed by atoms with Gasteiger partial charge in [-0.05, 0) is 40.6 Å². The van der Waals surface area contributed by atoms with Crippen LogP contribution in [-0.4, -0.2) is 4.21 Å². The predicted octanol–water partition coefficient (Wildman–Crippen LogP) is 13.5. The van der Waals surface area contributed by atoms with E-state index in [1.54, 1.807) is 40.3 Å². The molecule has 5 aliphatic carbocycles. The Bertz CT molecular complexity index is 1710. The van der Waals surface area contributed by atoms with E-state index in [-0.39, 0.29) is 21.7 Å². The number of hydrogen-bond donors (Lipinski definition) is 0. The molecule has 3 heteroatoms. The fourth-order valence-corrected chi connectivity index (χ4v) is 8.92. The molecule has 8 rings (SSSR count). The molecule has 2 unspecified atom stereocenters. The summed E-state index contributed by atoms with van der Waals surface area (Å²) in [6.45, 7) is 20.3. The summed E-state index contributed by atoms with van der Waals surface area (Å²) in [6, 6.07) is 29.2. The van der Waals surface area contributed by atoms with Gasteiger partial charge in [0.15, 0.2) is 0 Å². The molecule has 3 aromatic rings. The average Bonchev–Trinajstić information content (AvgIpc) is 3.82. The van der Waals surface area contributed by atoms with Gasteiger partial charge in [-0.25, -0.2) is 18.1 Å². The van der Waals surface area contributed by atoms with E-state index in [2.05, 4.69) is 120 Å². The average molecular weight is 779 g/mol. The van der Waals surface area contributed by atoms with Gasteiger partial charge in [-0.1, -0.05) is 123 Å². The fraction of sp³-hybridized carbons (Fsp3) is 0.362. The van der Waals surface area contributed by atoms with Gasteiger partial charge < -0.3 is 0 Å². The Kier molecular flexibility index (Phi) is 13.7. The van der Waals surface area contributed by atoms with Gasteiger partial charge in [0.2, 0.25) is 0 Å². The van der Waals surface area contributed by atoms with Crippen molar-refractivity contribution in [1.82, 2.24) is 0 Å². The van der Waals surface area contributed by atoms with Crippen LogP contribution in [0.4, 0.5) is 0 Å². The zero-order valence-electron chi connectivity index (χ0n) is 31.2. The van der Waals surface area contributed by atoms with Crippen LogP contribution in [0.5, 0.6) is 0 Å². The normalized spacial score (nSPS) is 23.5. The number of rotatable bonds is 0. The Balaban J connectivity index is 0.000000215. The SMILES string of the molecule is C[C-]1C2=C3Cc4ccccc4C3=C3C=CCCC3C2(C)C(C)(C)C(C)(C)C1(C)C.Clc1c[c-]ccc1.Clc1c[c-]ccc1.[C-]1=CC=CC1.[CH2]=[Zr]. The van der Waals surface area contributed by atoms with Crippen LogP contribution in [0, 0.1) is 51.7 Å². The van der Waals surface area contributed by atoms with Gasteiger partial charge in [0.25, 0.3) is 0 Å². The van der Waals surface area contributed by atoms with Crippen molar-refractivity contribution in [3.8, 4) is 0 Å².